The fraction of sp³-hybridized carbons (Fsp3) is 0.167. The summed E-state index contributed by atoms with van der Waals surface area (Å²) in [4.78, 5) is 22.7. The van der Waals surface area contributed by atoms with E-state index in [-0.39, 0.29) is 11.9 Å². The number of amides is 1. The zero-order valence-electron chi connectivity index (χ0n) is 17.6. The Morgan fingerprint density at radius 2 is 1.81 bits per heavy atom. The molecule has 0 spiro atoms. The highest BCUT2D eigenvalue weighted by molar-refractivity contribution is 7.99. The Morgan fingerprint density at radius 1 is 1.00 bits per heavy atom. The Morgan fingerprint density at radius 3 is 2.58 bits per heavy atom. The molecule has 6 nitrogen and oxygen atoms in total. The van der Waals surface area contributed by atoms with E-state index in [1.165, 1.54) is 22.9 Å². The van der Waals surface area contributed by atoms with Gasteiger partial charge in [0.05, 0.1) is 17.8 Å². The van der Waals surface area contributed by atoms with Crippen molar-refractivity contribution in [2.24, 2.45) is 0 Å². The zero-order chi connectivity index (χ0) is 21.8. The number of nitrogens with zero attached hydrogens (tertiary/aromatic N) is 4. The van der Waals surface area contributed by atoms with Crippen molar-refractivity contribution in [3.8, 4) is 0 Å². The van der Waals surface area contributed by atoms with Crippen LogP contribution >= 0.6 is 11.8 Å². The maximum absolute atomic E-state index is 13.1. The van der Waals surface area contributed by atoms with Crippen molar-refractivity contribution in [3.05, 3.63) is 95.6 Å². The van der Waals surface area contributed by atoms with Crippen LogP contribution in [-0.2, 0) is 0 Å². The number of aryl methyl sites for hydroxylation is 2. The molecule has 0 fully saturated rings. The molecule has 1 unspecified atom stereocenters. The van der Waals surface area contributed by atoms with Gasteiger partial charge in [-0.3, -0.25) is 9.78 Å². The number of nitrogens with one attached hydrogen (secondary N) is 1. The third kappa shape index (κ3) is 4.67. The molecule has 1 aromatic carbocycles. The van der Waals surface area contributed by atoms with Crippen LogP contribution < -0.4 is 5.32 Å². The number of anilines is 1. The number of carbonyl (C=O) groups is 1. The van der Waals surface area contributed by atoms with E-state index in [0.29, 0.717) is 16.4 Å². The van der Waals surface area contributed by atoms with Crippen LogP contribution in [0, 0.1) is 13.8 Å². The second-order valence-electron chi connectivity index (χ2n) is 7.28. The van der Waals surface area contributed by atoms with Crippen molar-refractivity contribution < 1.29 is 4.79 Å². The number of rotatable bonds is 6. The molecular formula is C24H23N5OS. The van der Waals surface area contributed by atoms with Crippen molar-refractivity contribution in [1.82, 2.24) is 19.7 Å². The molecule has 1 amide bonds. The van der Waals surface area contributed by atoms with E-state index in [1.807, 2.05) is 19.1 Å². The van der Waals surface area contributed by atoms with Gasteiger partial charge < -0.3 is 5.32 Å². The van der Waals surface area contributed by atoms with Crippen molar-refractivity contribution in [3.63, 3.8) is 0 Å². The topological polar surface area (TPSA) is 72.7 Å². The van der Waals surface area contributed by atoms with Gasteiger partial charge >= 0.3 is 0 Å². The van der Waals surface area contributed by atoms with E-state index in [2.05, 4.69) is 52.4 Å². The van der Waals surface area contributed by atoms with Gasteiger partial charge in [0.15, 0.2) is 0 Å². The molecular weight excluding hydrogens is 406 g/mol. The molecule has 0 aliphatic heterocycles. The second-order valence-corrected chi connectivity index (χ2v) is 8.34. The smallest absolute Gasteiger partial charge is 0.259 e. The Labute approximate surface area is 185 Å². The van der Waals surface area contributed by atoms with Gasteiger partial charge in [-0.1, -0.05) is 17.8 Å². The number of hydrogen-bond acceptors (Lipinski definition) is 5. The third-order valence-electron chi connectivity index (χ3n) is 5.18. The molecule has 1 N–H and O–H groups in total. The lowest BCUT2D eigenvalue weighted by Crippen LogP contribution is -2.19. The quantitative estimate of drug-likeness (QED) is 0.450. The first-order chi connectivity index (χ1) is 15.0. The first-order valence-electron chi connectivity index (χ1n) is 9.98. The lowest BCUT2D eigenvalue weighted by atomic mass is 10.1. The number of pyridine rings is 2. The van der Waals surface area contributed by atoms with E-state index >= 15 is 0 Å². The van der Waals surface area contributed by atoms with Gasteiger partial charge in [-0.25, -0.2) is 9.67 Å². The molecule has 0 saturated carbocycles. The summed E-state index contributed by atoms with van der Waals surface area (Å²) in [6.45, 7) is 6.19. The number of aromatic nitrogens is 4. The maximum atomic E-state index is 13.1. The molecule has 0 bridgehead atoms. The summed E-state index contributed by atoms with van der Waals surface area (Å²) in [5.74, 6) is 0.406. The number of hydrogen-bond donors (Lipinski definition) is 1. The Kier molecular flexibility index (Phi) is 6.13. The SMILES string of the molecule is Cc1ccc(Sc2ncccc2C(=O)Nc2ccnn2C(C)c2ccncc2)cc1C. The molecule has 1 atom stereocenters. The van der Waals surface area contributed by atoms with Crippen LogP contribution in [0.25, 0.3) is 0 Å². The second kappa shape index (κ2) is 9.14. The summed E-state index contributed by atoms with van der Waals surface area (Å²) in [5, 5.41) is 8.07. The van der Waals surface area contributed by atoms with Gasteiger partial charge in [0.1, 0.15) is 10.8 Å². The molecule has 4 rings (SSSR count). The summed E-state index contributed by atoms with van der Waals surface area (Å²) in [5.41, 5.74) is 4.03. The summed E-state index contributed by atoms with van der Waals surface area (Å²) in [6.07, 6.45) is 6.89. The van der Waals surface area contributed by atoms with E-state index in [9.17, 15) is 4.79 Å². The van der Waals surface area contributed by atoms with Gasteiger partial charge in [0.2, 0.25) is 0 Å². The Bertz CT molecular complexity index is 1210. The Hall–Kier alpha value is -3.45. The summed E-state index contributed by atoms with van der Waals surface area (Å²) >= 11 is 1.48. The molecule has 3 aromatic heterocycles. The summed E-state index contributed by atoms with van der Waals surface area (Å²) < 4.78 is 1.79. The van der Waals surface area contributed by atoms with Gasteiger partial charge in [-0.2, -0.15) is 5.10 Å². The van der Waals surface area contributed by atoms with E-state index < -0.39 is 0 Å². The standard InChI is InChI=1S/C24H23N5OS/c1-16-6-7-20(15-17(16)2)31-24-21(5-4-11-26-24)23(30)28-22-10-14-27-29(22)18(3)19-8-12-25-13-9-19/h4-15,18H,1-3H3,(H,28,30). The van der Waals surface area contributed by atoms with Crippen LogP contribution in [0.5, 0.6) is 0 Å². The van der Waals surface area contributed by atoms with Crippen LogP contribution in [0.15, 0.2) is 83.2 Å². The summed E-state index contributed by atoms with van der Waals surface area (Å²) in [6, 6.07) is 15.4. The molecule has 4 aromatic rings. The fourth-order valence-electron chi connectivity index (χ4n) is 3.22. The highest BCUT2D eigenvalue weighted by Gasteiger charge is 2.18. The fourth-order valence-corrected chi connectivity index (χ4v) is 4.20. The first kappa shape index (κ1) is 20.8. The minimum atomic E-state index is -0.219. The van der Waals surface area contributed by atoms with Gasteiger partial charge in [-0.15, -0.1) is 0 Å². The maximum Gasteiger partial charge on any atom is 0.259 e. The van der Waals surface area contributed by atoms with Crippen LogP contribution in [0.1, 0.15) is 40.0 Å². The predicted octanol–water partition coefficient (Wildman–Crippen LogP) is 5.30. The average molecular weight is 430 g/mol. The number of carbonyl (C=O) groups excluding carboxylic acids is 1. The van der Waals surface area contributed by atoms with Crippen molar-refractivity contribution >= 4 is 23.5 Å². The van der Waals surface area contributed by atoms with E-state index in [0.717, 1.165) is 10.5 Å². The third-order valence-corrected chi connectivity index (χ3v) is 6.18. The van der Waals surface area contributed by atoms with E-state index in [4.69, 9.17) is 0 Å². The molecule has 31 heavy (non-hydrogen) atoms. The minimum absolute atomic E-state index is 0.0495. The monoisotopic (exact) mass is 429 g/mol. The number of benzene rings is 1. The molecule has 0 aliphatic carbocycles. The largest absolute Gasteiger partial charge is 0.307 e. The van der Waals surface area contributed by atoms with E-state index in [1.54, 1.807) is 47.7 Å². The molecule has 0 saturated heterocycles. The van der Waals surface area contributed by atoms with Crippen LogP contribution in [0.2, 0.25) is 0 Å². The molecule has 0 radical (unpaired) electrons. The van der Waals surface area contributed by atoms with Crippen molar-refractivity contribution in [1.29, 1.82) is 0 Å². The van der Waals surface area contributed by atoms with Gasteiger partial charge in [-0.05, 0) is 73.9 Å². The molecule has 0 aliphatic rings. The van der Waals surface area contributed by atoms with Crippen molar-refractivity contribution in [2.75, 3.05) is 5.32 Å². The molecule has 7 heteroatoms. The summed E-state index contributed by atoms with van der Waals surface area (Å²) in [7, 11) is 0. The lowest BCUT2D eigenvalue weighted by Gasteiger charge is -2.17. The predicted molar refractivity (Wildman–Crippen MR) is 123 cm³/mol. The zero-order valence-corrected chi connectivity index (χ0v) is 18.4. The van der Waals surface area contributed by atoms with Crippen LogP contribution in [0.4, 0.5) is 5.82 Å². The minimum Gasteiger partial charge on any atom is -0.307 e. The van der Waals surface area contributed by atoms with Gasteiger partial charge in [0, 0.05) is 29.6 Å². The first-order valence-corrected chi connectivity index (χ1v) is 10.8. The average Bonchev–Trinajstić information content (AvgIpc) is 3.24. The van der Waals surface area contributed by atoms with Crippen LogP contribution in [0.3, 0.4) is 0 Å². The molecule has 3 heterocycles. The Balaban J connectivity index is 1.57. The van der Waals surface area contributed by atoms with Crippen molar-refractivity contribution in [2.45, 2.75) is 36.7 Å². The lowest BCUT2D eigenvalue weighted by molar-refractivity contribution is 0.102. The van der Waals surface area contributed by atoms with Gasteiger partial charge in [0.25, 0.3) is 5.91 Å². The normalized spacial score (nSPS) is 11.8. The molecule has 156 valence electrons. The highest BCUT2D eigenvalue weighted by atomic mass is 32.2. The highest BCUT2D eigenvalue weighted by Crippen LogP contribution is 2.30. The van der Waals surface area contributed by atoms with Crippen LogP contribution in [-0.4, -0.2) is 25.7 Å².